The van der Waals surface area contributed by atoms with E-state index in [2.05, 4.69) is 25.9 Å². The van der Waals surface area contributed by atoms with Crippen LogP contribution in [-0.4, -0.2) is 9.97 Å². The van der Waals surface area contributed by atoms with Crippen molar-refractivity contribution in [1.29, 1.82) is 0 Å². The largest absolute Gasteiger partial charge is 0.432 e. The molecule has 2 nitrogen and oxygen atoms in total. The first-order valence-corrected chi connectivity index (χ1v) is 5.55. The number of H-pyrrole nitrogens is 1. The molecule has 1 aromatic carbocycles. The zero-order chi connectivity index (χ0) is 12.6. The van der Waals surface area contributed by atoms with Gasteiger partial charge in [-0.3, -0.25) is 0 Å². The molecule has 0 bridgehead atoms. The van der Waals surface area contributed by atoms with Crippen LogP contribution < -0.4 is 0 Å². The monoisotopic (exact) mass is 304 g/mol. The van der Waals surface area contributed by atoms with Crippen LogP contribution >= 0.6 is 15.9 Å². The minimum atomic E-state index is -4.40. The summed E-state index contributed by atoms with van der Waals surface area (Å²) in [6.45, 7) is 1.86. The Labute approximate surface area is 104 Å². The van der Waals surface area contributed by atoms with Crippen molar-refractivity contribution in [2.45, 2.75) is 13.1 Å². The van der Waals surface area contributed by atoms with E-state index in [1.165, 1.54) is 0 Å². The molecule has 6 heteroatoms. The van der Waals surface area contributed by atoms with Crippen LogP contribution in [0.2, 0.25) is 0 Å². The lowest BCUT2D eigenvalue weighted by atomic mass is 10.1. The summed E-state index contributed by atoms with van der Waals surface area (Å²) >= 11 is 3.29. The Morgan fingerprint density at radius 2 is 1.94 bits per heavy atom. The SMILES string of the molecule is Cc1cc(Br)cc(-c2ncc(C(F)(F)F)[nH]2)c1. The van der Waals surface area contributed by atoms with E-state index >= 15 is 0 Å². The van der Waals surface area contributed by atoms with E-state index in [9.17, 15) is 13.2 Å². The van der Waals surface area contributed by atoms with Gasteiger partial charge in [0.15, 0.2) is 0 Å². The van der Waals surface area contributed by atoms with Crippen LogP contribution in [0.15, 0.2) is 28.9 Å². The van der Waals surface area contributed by atoms with Gasteiger partial charge >= 0.3 is 6.18 Å². The second-order valence-electron chi connectivity index (χ2n) is 3.66. The third kappa shape index (κ3) is 2.69. The number of aromatic nitrogens is 2. The van der Waals surface area contributed by atoms with Crippen molar-refractivity contribution in [3.63, 3.8) is 0 Å². The highest BCUT2D eigenvalue weighted by atomic mass is 79.9. The van der Waals surface area contributed by atoms with Crippen LogP contribution in [0, 0.1) is 6.92 Å². The summed E-state index contributed by atoms with van der Waals surface area (Å²) in [5, 5.41) is 0. The molecule has 1 heterocycles. The number of benzene rings is 1. The first kappa shape index (κ1) is 12.2. The molecule has 0 aliphatic rings. The first-order valence-electron chi connectivity index (χ1n) is 4.76. The minimum absolute atomic E-state index is 0.210. The Morgan fingerprint density at radius 3 is 2.47 bits per heavy atom. The summed E-state index contributed by atoms with van der Waals surface area (Å²) in [6.07, 6.45) is -3.60. The van der Waals surface area contributed by atoms with E-state index < -0.39 is 11.9 Å². The molecule has 0 saturated heterocycles. The zero-order valence-electron chi connectivity index (χ0n) is 8.77. The number of halogens is 4. The molecule has 1 aromatic heterocycles. The number of aromatic amines is 1. The van der Waals surface area contributed by atoms with Gasteiger partial charge in [0.1, 0.15) is 11.5 Å². The molecule has 0 atom stereocenters. The fourth-order valence-corrected chi connectivity index (χ4v) is 2.09. The Bertz CT molecular complexity index is 526. The highest BCUT2D eigenvalue weighted by Crippen LogP contribution is 2.30. The Kier molecular flexibility index (Phi) is 2.99. The summed E-state index contributed by atoms with van der Waals surface area (Å²) in [5.41, 5.74) is 0.719. The molecule has 2 aromatic rings. The number of alkyl halides is 3. The average molecular weight is 305 g/mol. The van der Waals surface area contributed by atoms with Gasteiger partial charge in [-0.15, -0.1) is 0 Å². The lowest BCUT2D eigenvalue weighted by Crippen LogP contribution is -2.04. The van der Waals surface area contributed by atoms with Crippen molar-refractivity contribution in [3.05, 3.63) is 40.1 Å². The summed E-state index contributed by atoms with van der Waals surface area (Å²) in [6, 6.07) is 5.35. The van der Waals surface area contributed by atoms with Gasteiger partial charge in [0.05, 0.1) is 6.20 Å². The third-order valence-corrected chi connectivity index (χ3v) is 2.65. The van der Waals surface area contributed by atoms with Gasteiger partial charge in [-0.25, -0.2) is 4.98 Å². The number of hydrogen-bond acceptors (Lipinski definition) is 1. The molecule has 0 amide bonds. The van der Waals surface area contributed by atoms with Crippen LogP contribution in [0.1, 0.15) is 11.3 Å². The summed E-state index contributed by atoms with van der Waals surface area (Å²) < 4.78 is 38.0. The van der Waals surface area contributed by atoms with E-state index in [1.807, 2.05) is 13.0 Å². The van der Waals surface area contributed by atoms with Gasteiger partial charge in [0, 0.05) is 10.0 Å². The molecule has 1 N–H and O–H groups in total. The highest BCUT2D eigenvalue weighted by Gasteiger charge is 2.33. The van der Waals surface area contributed by atoms with E-state index in [-0.39, 0.29) is 5.82 Å². The molecule has 0 spiro atoms. The fraction of sp³-hybridized carbons (Fsp3) is 0.182. The van der Waals surface area contributed by atoms with Crippen LogP contribution in [0.5, 0.6) is 0 Å². The number of aryl methyl sites for hydroxylation is 1. The highest BCUT2D eigenvalue weighted by molar-refractivity contribution is 9.10. The number of rotatable bonds is 1. The Balaban J connectivity index is 2.44. The molecule has 17 heavy (non-hydrogen) atoms. The van der Waals surface area contributed by atoms with Gasteiger partial charge < -0.3 is 4.98 Å². The minimum Gasteiger partial charge on any atom is -0.334 e. The predicted octanol–water partition coefficient (Wildman–Crippen LogP) is 4.17. The van der Waals surface area contributed by atoms with Crippen molar-refractivity contribution >= 4 is 15.9 Å². The number of nitrogens with zero attached hydrogens (tertiary/aromatic N) is 1. The molecule has 2 rings (SSSR count). The Hall–Kier alpha value is -1.30. The molecule has 0 saturated carbocycles. The second-order valence-corrected chi connectivity index (χ2v) is 4.58. The predicted molar refractivity (Wildman–Crippen MR) is 61.5 cm³/mol. The smallest absolute Gasteiger partial charge is 0.334 e. The molecule has 0 radical (unpaired) electrons. The van der Waals surface area contributed by atoms with Crippen LogP contribution in [0.4, 0.5) is 13.2 Å². The van der Waals surface area contributed by atoms with Gasteiger partial charge in [0.25, 0.3) is 0 Å². The molecular weight excluding hydrogens is 297 g/mol. The standard InChI is InChI=1S/C11H8BrF3N2/c1-6-2-7(4-8(12)3-6)10-16-5-9(17-10)11(13,14)15/h2-5H,1H3,(H,16,17). The second kappa shape index (κ2) is 4.18. The van der Waals surface area contributed by atoms with E-state index in [1.54, 1.807) is 12.1 Å². The lowest BCUT2D eigenvalue weighted by Gasteiger charge is -2.03. The number of nitrogens with one attached hydrogen (secondary N) is 1. The molecular formula is C11H8BrF3N2. The maximum atomic E-state index is 12.4. The van der Waals surface area contributed by atoms with Crippen molar-refractivity contribution < 1.29 is 13.2 Å². The Morgan fingerprint density at radius 1 is 1.24 bits per heavy atom. The molecule has 90 valence electrons. The first-order chi connectivity index (χ1) is 7.86. The van der Waals surface area contributed by atoms with Crippen LogP contribution in [0.3, 0.4) is 0 Å². The van der Waals surface area contributed by atoms with Crippen molar-refractivity contribution in [1.82, 2.24) is 9.97 Å². The van der Waals surface area contributed by atoms with Gasteiger partial charge in [-0.05, 0) is 30.7 Å². The normalized spacial score (nSPS) is 11.8. The maximum Gasteiger partial charge on any atom is 0.432 e. The maximum absolute atomic E-state index is 12.4. The van der Waals surface area contributed by atoms with Crippen LogP contribution in [-0.2, 0) is 6.18 Å². The summed E-state index contributed by atoms with van der Waals surface area (Å²) in [4.78, 5) is 6.01. The van der Waals surface area contributed by atoms with Crippen molar-refractivity contribution in [2.75, 3.05) is 0 Å². The number of hydrogen-bond donors (Lipinski definition) is 1. The average Bonchev–Trinajstić information content (AvgIpc) is 2.63. The molecule has 0 aliphatic carbocycles. The zero-order valence-corrected chi connectivity index (χ0v) is 10.4. The summed E-state index contributed by atoms with van der Waals surface area (Å²) in [5.74, 6) is 0.210. The molecule has 0 fully saturated rings. The number of imidazole rings is 1. The van der Waals surface area contributed by atoms with Crippen molar-refractivity contribution in [3.8, 4) is 11.4 Å². The third-order valence-electron chi connectivity index (χ3n) is 2.20. The molecule has 0 unspecified atom stereocenters. The quantitative estimate of drug-likeness (QED) is 0.842. The topological polar surface area (TPSA) is 28.7 Å². The van der Waals surface area contributed by atoms with Crippen LogP contribution in [0.25, 0.3) is 11.4 Å². The van der Waals surface area contributed by atoms with Gasteiger partial charge in [-0.2, -0.15) is 13.2 Å². The van der Waals surface area contributed by atoms with E-state index in [0.717, 1.165) is 16.2 Å². The van der Waals surface area contributed by atoms with Gasteiger partial charge in [-0.1, -0.05) is 15.9 Å². The van der Waals surface area contributed by atoms with Crippen molar-refractivity contribution in [2.24, 2.45) is 0 Å². The summed E-state index contributed by atoms with van der Waals surface area (Å²) in [7, 11) is 0. The molecule has 0 aliphatic heterocycles. The van der Waals surface area contributed by atoms with E-state index in [0.29, 0.717) is 5.56 Å². The lowest BCUT2D eigenvalue weighted by molar-refractivity contribution is -0.140. The fourth-order valence-electron chi connectivity index (χ4n) is 1.49. The van der Waals surface area contributed by atoms with E-state index in [4.69, 9.17) is 0 Å². The van der Waals surface area contributed by atoms with Gasteiger partial charge in [0.2, 0.25) is 0 Å².